The number of benzene rings is 1. The fourth-order valence-corrected chi connectivity index (χ4v) is 1.67. The largest absolute Gasteiger partial charge is 0.325 e. The highest BCUT2D eigenvalue weighted by molar-refractivity contribution is 5.78. The van der Waals surface area contributed by atoms with E-state index < -0.39 is 0 Å². The van der Waals surface area contributed by atoms with E-state index in [0.717, 1.165) is 17.6 Å². The molecule has 1 heterocycles. The van der Waals surface area contributed by atoms with Crippen molar-refractivity contribution in [3.63, 3.8) is 0 Å². The molecule has 0 aliphatic rings. The van der Waals surface area contributed by atoms with Gasteiger partial charge in [0, 0.05) is 23.0 Å². The molecule has 0 aliphatic heterocycles. The zero-order chi connectivity index (χ0) is 10.9. The Morgan fingerprint density at radius 3 is 2.60 bits per heavy atom. The predicted octanol–water partition coefficient (Wildman–Crippen LogP) is 2.51. The van der Waals surface area contributed by atoms with Gasteiger partial charge in [-0.1, -0.05) is 24.3 Å². The maximum Gasteiger partial charge on any atom is 0.0705 e. The van der Waals surface area contributed by atoms with Gasteiger partial charge < -0.3 is 5.73 Å². The first kappa shape index (κ1) is 10.1. The molecule has 2 rings (SSSR count). The summed E-state index contributed by atoms with van der Waals surface area (Å²) in [4.78, 5) is 4.58. The molecule has 0 bridgehead atoms. The van der Waals surface area contributed by atoms with Crippen LogP contribution < -0.4 is 5.73 Å². The zero-order valence-corrected chi connectivity index (χ0v) is 9.20. The number of hydrogen-bond acceptors (Lipinski definition) is 2. The van der Waals surface area contributed by atoms with E-state index >= 15 is 0 Å². The smallest absolute Gasteiger partial charge is 0.0705 e. The first-order chi connectivity index (χ1) is 7.04. The molecule has 0 fully saturated rings. The number of nitrogens with zero attached hydrogens (tertiary/aromatic N) is 1. The lowest BCUT2D eigenvalue weighted by Gasteiger charge is -2.17. The number of nitrogens with two attached hydrogens (primary N) is 1. The fourth-order valence-electron chi connectivity index (χ4n) is 1.67. The van der Waals surface area contributed by atoms with Gasteiger partial charge in [-0.05, 0) is 26.0 Å². The molecule has 0 amide bonds. The first-order valence-electron chi connectivity index (χ1n) is 5.18. The highest BCUT2D eigenvalue weighted by atomic mass is 14.7. The van der Waals surface area contributed by atoms with Crippen molar-refractivity contribution in [2.45, 2.75) is 25.8 Å². The van der Waals surface area contributed by atoms with E-state index in [-0.39, 0.29) is 5.54 Å². The molecule has 0 spiro atoms. The summed E-state index contributed by atoms with van der Waals surface area (Å²) in [5.74, 6) is 0. The predicted molar refractivity (Wildman–Crippen MR) is 63.7 cm³/mol. The maximum atomic E-state index is 5.97. The van der Waals surface area contributed by atoms with Crippen LogP contribution >= 0.6 is 0 Å². The molecule has 1 aromatic carbocycles. The van der Waals surface area contributed by atoms with Crippen LogP contribution in [0.3, 0.4) is 0 Å². The Bertz CT molecular complexity index is 469. The van der Waals surface area contributed by atoms with Gasteiger partial charge in [0.15, 0.2) is 0 Å². The molecule has 15 heavy (non-hydrogen) atoms. The summed E-state index contributed by atoms with van der Waals surface area (Å²) < 4.78 is 0. The average Bonchev–Trinajstić information content (AvgIpc) is 2.15. The molecule has 2 nitrogen and oxygen atoms in total. The summed E-state index contributed by atoms with van der Waals surface area (Å²) in [5.41, 5.74) is 7.87. The molecule has 1 aromatic heterocycles. The van der Waals surface area contributed by atoms with E-state index in [9.17, 15) is 0 Å². The van der Waals surface area contributed by atoms with E-state index in [0.29, 0.717) is 0 Å². The summed E-state index contributed by atoms with van der Waals surface area (Å²) in [7, 11) is 0. The van der Waals surface area contributed by atoms with Gasteiger partial charge in [-0.2, -0.15) is 0 Å². The van der Waals surface area contributed by atoms with Gasteiger partial charge in [-0.3, -0.25) is 4.98 Å². The topological polar surface area (TPSA) is 38.9 Å². The van der Waals surface area contributed by atoms with Crippen LogP contribution in [0, 0.1) is 0 Å². The standard InChI is InChI=1S/C13H16N2/c1-13(2,14)9-11-8-7-10-5-3-4-6-12(10)15-11/h3-8H,9,14H2,1-2H3. The van der Waals surface area contributed by atoms with Gasteiger partial charge in [-0.15, -0.1) is 0 Å². The van der Waals surface area contributed by atoms with Gasteiger partial charge in [-0.25, -0.2) is 0 Å². The minimum atomic E-state index is -0.199. The molecule has 0 saturated heterocycles. The van der Waals surface area contributed by atoms with E-state index in [2.05, 4.69) is 23.2 Å². The molecule has 0 atom stereocenters. The third-order valence-corrected chi connectivity index (χ3v) is 2.29. The van der Waals surface area contributed by atoms with Gasteiger partial charge in [0.2, 0.25) is 0 Å². The van der Waals surface area contributed by atoms with Crippen molar-refractivity contribution in [2.75, 3.05) is 0 Å². The van der Waals surface area contributed by atoms with Crippen LogP contribution in [0.1, 0.15) is 19.5 Å². The van der Waals surface area contributed by atoms with Crippen LogP contribution in [-0.2, 0) is 6.42 Å². The summed E-state index contributed by atoms with van der Waals surface area (Å²) >= 11 is 0. The number of fused-ring (bicyclic) bond motifs is 1. The number of aromatic nitrogens is 1. The molecular weight excluding hydrogens is 184 g/mol. The summed E-state index contributed by atoms with van der Waals surface area (Å²) in [6.45, 7) is 4.04. The van der Waals surface area contributed by atoms with Crippen molar-refractivity contribution in [1.29, 1.82) is 0 Å². The van der Waals surface area contributed by atoms with Crippen molar-refractivity contribution in [2.24, 2.45) is 5.73 Å². The van der Waals surface area contributed by atoms with Crippen molar-refractivity contribution in [3.8, 4) is 0 Å². The zero-order valence-electron chi connectivity index (χ0n) is 9.20. The lowest BCUT2D eigenvalue weighted by molar-refractivity contribution is 0.511. The number of para-hydroxylation sites is 1. The molecule has 2 heteroatoms. The minimum absolute atomic E-state index is 0.199. The third-order valence-electron chi connectivity index (χ3n) is 2.29. The molecule has 0 radical (unpaired) electrons. The second kappa shape index (κ2) is 3.63. The van der Waals surface area contributed by atoms with Crippen molar-refractivity contribution in [1.82, 2.24) is 4.98 Å². The van der Waals surface area contributed by atoms with Crippen LogP contribution in [0.25, 0.3) is 10.9 Å². The Kier molecular flexibility index (Phi) is 2.45. The monoisotopic (exact) mass is 200 g/mol. The Balaban J connectivity index is 2.39. The van der Waals surface area contributed by atoms with Crippen LogP contribution in [0.4, 0.5) is 0 Å². The normalized spacial score (nSPS) is 11.9. The Labute approximate surface area is 90.1 Å². The average molecular weight is 200 g/mol. The SMILES string of the molecule is CC(C)(N)Cc1ccc2ccccc2n1. The van der Waals surface area contributed by atoms with Gasteiger partial charge in [0.25, 0.3) is 0 Å². The lowest BCUT2D eigenvalue weighted by Crippen LogP contribution is -2.34. The van der Waals surface area contributed by atoms with Crippen molar-refractivity contribution < 1.29 is 0 Å². The van der Waals surface area contributed by atoms with Crippen molar-refractivity contribution >= 4 is 10.9 Å². The quantitative estimate of drug-likeness (QED) is 0.809. The van der Waals surface area contributed by atoms with Gasteiger partial charge in [0.1, 0.15) is 0 Å². The first-order valence-corrected chi connectivity index (χ1v) is 5.18. The number of pyridine rings is 1. The van der Waals surface area contributed by atoms with Crippen molar-refractivity contribution in [3.05, 3.63) is 42.1 Å². The Morgan fingerprint density at radius 2 is 1.87 bits per heavy atom. The highest BCUT2D eigenvalue weighted by Gasteiger charge is 2.12. The second-order valence-electron chi connectivity index (χ2n) is 4.66. The molecule has 2 N–H and O–H groups in total. The van der Waals surface area contributed by atoms with Crippen LogP contribution in [-0.4, -0.2) is 10.5 Å². The molecule has 0 saturated carbocycles. The molecule has 0 aliphatic carbocycles. The molecular formula is C13H16N2. The van der Waals surface area contributed by atoms with E-state index in [1.165, 1.54) is 5.39 Å². The van der Waals surface area contributed by atoms with Crippen LogP contribution in [0.5, 0.6) is 0 Å². The summed E-state index contributed by atoms with van der Waals surface area (Å²) in [6, 6.07) is 12.3. The summed E-state index contributed by atoms with van der Waals surface area (Å²) in [5, 5.41) is 1.18. The van der Waals surface area contributed by atoms with Crippen LogP contribution in [0.2, 0.25) is 0 Å². The van der Waals surface area contributed by atoms with Gasteiger partial charge in [0.05, 0.1) is 5.52 Å². The van der Waals surface area contributed by atoms with E-state index in [1.54, 1.807) is 0 Å². The Hall–Kier alpha value is -1.41. The Morgan fingerprint density at radius 1 is 1.13 bits per heavy atom. The van der Waals surface area contributed by atoms with E-state index in [4.69, 9.17) is 5.73 Å². The minimum Gasteiger partial charge on any atom is -0.325 e. The molecule has 78 valence electrons. The summed E-state index contributed by atoms with van der Waals surface area (Å²) in [6.07, 6.45) is 0.803. The van der Waals surface area contributed by atoms with E-state index in [1.807, 2.05) is 32.0 Å². The van der Waals surface area contributed by atoms with Gasteiger partial charge >= 0.3 is 0 Å². The third kappa shape index (κ3) is 2.54. The van der Waals surface area contributed by atoms with Crippen LogP contribution in [0.15, 0.2) is 36.4 Å². The molecule has 2 aromatic rings. The second-order valence-corrected chi connectivity index (χ2v) is 4.66. The number of hydrogen-bond donors (Lipinski definition) is 1. The highest BCUT2D eigenvalue weighted by Crippen LogP contribution is 2.14. The fraction of sp³-hybridized carbons (Fsp3) is 0.308. The lowest BCUT2D eigenvalue weighted by atomic mass is 9.99. The number of rotatable bonds is 2. The maximum absolute atomic E-state index is 5.97. The molecule has 0 unspecified atom stereocenters.